The molecule has 0 aliphatic carbocycles. The van der Waals surface area contributed by atoms with Gasteiger partial charge in [0, 0.05) is 0 Å². The maximum atomic E-state index is 10.9. The fraction of sp³-hybridized carbons (Fsp3) is 0. The lowest BCUT2D eigenvalue weighted by Crippen LogP contribution is -1.90. The molecule has 0 saturated heterocycles. The predicted molar refractivity (Wildman–Crippen MR) is 71.8 cm³/mol. The molecule has 2 N–H and O–H groups in total. The summed E-state index contributed by atoms with van der Waals surface area (Å²) in [4.78, 5) is 10.3. The van der Waals surface area contributed by atoms with Crippen LogP contribution in [0.15, 0.2) is 42.5 Å². The van der Waals surface area contributed by atoms with E-state index in [9.17, 15) is 15.2 Å². The molecule has 0 spiro atoms. The van der Waals surface area contributed by atoms with Gasteiger partial charge >= 0.3 is 0 Å². The monoisotopic (exact) mass is 257 g/mol. The molecule has 0 atom stereocenters. The number of phenolic OH excluding ortho intramolecular Hbond substituents is 2. The van der Waals surface area contributed by atoms with E-state index in [0.717, 1.165) is 11.6 Å². The van der Waals surface area contributed by atoms with Crippen molar-refractivity contribution in [2.75, 3.05) is 0 Å². The van der Waals surface area contributed by atoms with Crippen LogP contribution in [-0.2, 0) is 0 Å². The Hall–Kier alpha value is -2.82. The first kappa shape index (κ1) is 12.6. The number of nitro benzene ring substituents is 1. The second-order valence-corrected chi connectivity index (χ2v) is 3.93. The van der Waals surface area contributed by atoms with Gasteiger partial charge in [-0.05, 0) is 35.9 Å². The van der Waals surface area contributed by atoms with Gasteiger partial charge < -0.3 is 10.2 Å². The Morgan fingerprint density at radius 3 is 2.21 bits per heavy atom. The quantitative estimate of drug-likeness (QED) is 0.502. The molecule has 2 aromatic carbocycles. The van der Waals surface area contributed by atoms with Crippen LogP contribution in [0, 0.1) is 10.1 Å². The highest BCUT2D eigenvalue weighted by Gasteiger charge is 2.11. The van der Waals surface area contributed by atoms with E-state index in [1.54, 1.807) is 24.3 Å². The molecule has 5 nitrogen and oxygen atoms in total. The van der Waals surface area contributed by atoms with Gasteiger partial charge in [-0.2, -0.15) is 0 Å². The zero-order chi connectivity index (χ0) is 13.8. The first-order valence-corrected chi connectivity index (χ1v) is 5.51. The maximum Gasteiger partial charge on any atom is 0.280 e. The van der Waals surface area contributed by atoms with Gasteiger partial charge in [0.05, 0.1) is 16.6 Å². The minimum Gasteiger partial charge on any atom is -0.508 e. The largest absolute Gasteiger partial charge is 0.508 e. The van der Waals surface area contributed by atoms with Crippen LogP contribution in [0.25, 0.3) is 12.2 Å². The van der Waals surface area contributed by atoms with Crippen molar-refractivity contribution in [1.82, 2.24) is 0 Å². The average molecular weight is 257 g/mol. The van der Waals surface area contributed by atoms with Crippen LogP contribution in [0.3, 0.4) is 0 Å². The molecule has 96 valence electrons. The molecule has 0 aromatic heterocycles. The highest BCUT2D eigenvalue weighted by Crippen LogP contribution is 2.25. The lowest BCUT2D eigenvalue weighted by molar-refractivity contribution is -0.385. The molecule has 0 radical (unpaired) electrons. The van der Waals surface area contributed by atoms with E-state index in [1.807, 2.05) is 0 Å². The molecule has 0 aliphatic rings. The summed E-state index contributed by atoms with van der Waals surface area (Å²) in [7, 11) is 0. The molecular weight excluding hydrogens is 246 g/mol. The molecule has 19 heavy (non-hydrogen) atoms. The second kappa shape index (κ2) is 5.22. The summed E-state index contributed by atoms with van der Waals surface area (Å²) in [6, 6.07) is 10.4. The van der Waals surface area contributed by atoms with Gasteiger partial charge in [0.1, 0.15) is 11.5 Å². The molecule has 0 heterocycles. The Labute approximate surface area is 109 Å². The minimum atomic E-state index is -0.545. The van der Waals surface area contributed by atoms with E-state index < -0.39 is 4.92 Å². The Kier molecular flexibility index (Phi) is 3.47. The number of phenols is 2. The highest BCUT2D eigenvalue weighted by atomic mass is 16.6. The summed E-state index contributed by atoms with van der Waals surface area (Å²) in [6.07, 6.45) is 3.28. The van der Waals surface area contributed by atoms with Gasteiger partial charge in [0.25, 0.3) is 5.69 Å². The van der Waals surface area contributed by atoms with Crippen LogP contribution in [0.5, 0.6) is 11.5 Å². The van der Waals surface area contributed by atoms with Crippen molar-refractivity contribution >= 4 is 17.8 Å². The summed E-state index contributed by atoms with van der Waals surface area (Å²) < 4.78 is 0. The van der Waals surface area contributed by atoms with Crippen LogP contribution >= 0.6 is 0 Å². The molecule has 0 unspecified atom stereocenters. The van der Waals surface area contributed by atoms with Crippen molar-refractivity contribution in [3.63, 3.8) is 0 Å². The van der Waals surface area contributed by atoms with E-state index >= 15 is 0 Å². The van der Waals surface area contributed by atoms with Crippen molar-refractivity contribution < 1.29 is 15.1 Å². The fourth-order valence-electron chi connectivity index (χ4n) is 1.60. The standard InChI is InChI=1S/C14H11NO4/c16-12-6-2-10(3-7-12)1-4-11-5-8-13(17)9-14(11)15(18)19/h1-9,16-17H. The van der Waals surface area contributed by atoms with E-state index in [4.69, 9.17) is 5.11 Å². The van der Waals surface area contributed by atoms with Crippen LogP contribution in [0.1, 0.15) is 11.1 Å². The maximum absolute atomic E-state index is 10.9. The van der Waals surface area contributed by atoms with Gasteiger partial charge in [-0.1, -0.05) is 18.2 Å². The molecule has 0 aliphatic heterocycles. The smallest absolute Gasteiger partial charge is 0.280 e. The van der Waals surface area contributed by atoms with E-state index in [-0.39, 0.29) is 17.2 Å². The van der Waals surface area contributed by atoms with Crippen LogP contribution in [0.4, 0.5) is 5.69 Å². The van der Waals surface area contributed by atoms with Crippen molar-refractivity contribution in [2.24, 2.45) is 0 Å². The Morgan fingerprint density at radius 1 is 0.947 bits per heavy atom. The van der Waals surface area contributed by atoms with Crippen LogP contribution < -0.4 is 0 Å². The summed E-state index contributed by atoms with van der Waals surface area (Å²) in [5, 5.41) is 29.3. The first-order chi connectivity index (χ1) is 9.06. The van der Waals surface area contributed by atoms with Crippen molar-refractivity contribution in [1.29, 1.82) is 0 Å². The first-order valence-electron chi connectivity index (χ1n) is 5.51. The molecule has 2 aromatic rings. The minimum absolute atomic E-state index is 0.145. The number of nitrogens with zero attached hydrogens (tertiary/aromatic N) is 1. The summed E-state index contributed by atoms with van der Waals surface area (Å²) in [5.74, 6) is 0.0150. The topological polar surface area (TPSA) is 83.6 Å². The second-order valence-electron chi connectivity index (χ2n) is 3.93. The zero-order valence-corrected chi connectivity index (χ0v) is 9.85. The number of rotatable bonds is 3. The molecule has 0 amide bonds. The SMILES string of the molecule is O=[N+]([O-])c1cc(O)ccc1C=Cc1ccc(O)cc1. The third kappa shape index (κ3) is 3.10. The summed E-state index contributed by atoms with van der Waals surface area (Å²) in [5.41, 5.74) is 1.05. The van der Waals surface area contributed by atoms with E-state index in [2.05, 4.69) is 0 Å². The normalized spacial score (nSPS) is 10.7. The van der Waals surface area contributed by atoms with E-state index in [0.29, 0.717) is 5.56 Å². The molecular formula is C14H11NO4. The summed E-state index contributed by atoms with van der Waals surface area (Å²) in [6.45, 7) is 0. The number of hydrogen-bond donors (Lipinski definition) is 2. The van der Waals surface area contributed by atoms with Gasteiger partial charge in [0.15, 0.2) is 0 Å². The number of aromatic hydroxyl groups is 2. The number of nitro groups is 1. The highest BCUT2D eigenvalue weighted by molar-refractivity contribution is 5.74. The number of hydrogen-bond acceptors (Lipinski definition) is 4. The molecule has 0 bridgehead atoms. The summed E-state index contributed by atoms with van der Waals surface area (Å²) >= 11 is 0. The third-order valence-electron chi connectivity index (χ3n) is 2.56. The Balaban J connectivity index is 2.32. The molecule has 0 fully saturated rings. The fourth-order valence-corrected chi connectivity index (χ4v) is 1.60. The predicted octanol–water partition coefficient (Wildman–Crippen LogP) is 3.18. The van der Waals surface area contributed by atoms with E-state index in [1.165, 1.54) is 24.3 Å². The molecule has 5 heteroatoms. The lowest BCUT2D eigenvalue weighted by atomic mass is 10.1. The van der Waals surface area contributed by atoms with Gasteiger partial charge in [-0.25, -0.2) is 0 Å². The number of benzene rings is 2. The van der Waals surface area contributed by atoms with Gasteiger partial charge in [-0.3, -0.25) is 10.1 Å². The zero-order valence-electron chi connectivity index (χ0n) is 9.85. The van der Waals surface area contributed by atoms with Crippen molar-refractivity contribution in [2.45, 2.75) is 0 Å². The Morgan fingerprint density at radius 2 is 1.58 bits per heavy atom. The van der Waals surface area contributed by atoms with Crippen LogP contribution in [-0.4, -0.2) is 15.1 Å². The third-order valence-corrected chi connectivity index (χ3v) is 2.56. The molecule has 0 saturated carbocycles. The van der Waals surface area contributed by atoms with Gasteiger partial charge in [-0.15, -0.1) is 0 Å². The average Bonchev–Trinajstić information content (AvgIpc) is 2.39. The van der Waals surface area contributed by atoms with Crippen LogP contribution in [0.2, 0.25) is 0 Å². The lowest BCUT2D eigenvalue weighted by Gasteiger charge is -1.99. The van der Waals surface area contributed by atoms with Crippen molar-refractivity contribution in [3.8, 4) is 11.5 Å². The van der Waals surface area contributed by atoms with Gasteiger partial charge in [0.2, 0.25) is 0 Å². The molecule has 2 rings (SSSR count). The van der Waals surface area contributed by atoms with Crippen molar-refractivity contribution in [3.05, 3.63) is 63.7 Å². The Bertz CT molecular complexity index is 632.